The van der Waals surface area contributed by atoms with Crippen LogP contribution in [0.25, 0.3) is 6.08 Å². The molecule has 1 saturated heterocycles. The number of allylic oxidation sites excluding steroid dienone is 1. The second kappa shape index (κ2) is 13.1. The van der Waals surface area contributed by atoms with Gasteiger partial charge < -0.3 is 20.4 Å². The molecule has 4 atom stereocenters. The first-order chi connectivity index (χ1) is 19.6. The van der Waals surface area contributed by atoms with E-state index in [1.54, 1.807) is 18.2 Å². The van der Waals surface area contributed by atoms with Crippen LogP contribution in [-0.4, -0.2) is 56.5 Å². The number of phenols is 1. The van der Waals surface area contributed by atoms with Crippen LogP contribution in [0.5, 0.6) is 5.75 Å². The van der Waals surface area contributed by atoms with Crippen molar-refractivity contribution >= 4 is 45.2 Å². The minimum Gasteiger partial charge on any atom is -0.507 e. The molecule has 1 aliphatic heterocycles. The lowest BCUT2D eigenvalue weighted by atomic mass is 9.68. The van der Waals surface area contributed by atoms with Gasteiger partial charge in [0, 0.05) is 28.1 Å². The molecule has 1 fully saturated rings. The van der Waals surface area contributed by atoms with Crippen LogP contribution >= 0.6 is 15.9 Å². The molecule has 10 nitrogen and oxygen atoms in total. The average Bonchev–Trinajstić information content (AvgIpc) is 3.21. The van der Waals surface area contributed by atoms with E-state index in [0.717, 1.165) is 33.9 Å². The third kappa shape index (κ3) is 6.28. The SMILES string of the molecule is CCC/C(=C\c1cc(Br)ccc1O)CC[C@@H](O)C1=C(CO)C[C@H]2C(=O)N(c3cccc([N+](=O)[O-])c3)C(=O)[C@H]2[C@H]1CO. The maximum Gasteiger partial charge on any atom is 0.271 e. The van der Waals surface area contributed by atoms with Crippen molar-refractivity contribution < 1.29 is 34.9 Å². The monoisotopic (exact) mass is 628 g/mol. The second-order valence-electron chi connectivity index (χ2n) is 10.4. The number of aromatic hydroxyl groups is 1. The Morgan fingerprint density at radius 1 is 1.17 bits per heavy atom. The van der Waals surface area contributed by atoms with Gasteiger partial charge in [0.1, 0.15) is 5.75 Å². The molecule has 218 valence electrons. The van der Waals surface area contributed by atoms with E-state index < -0.39 is 53.8 Å². The average molecular weight is 630 g/mol. The number of fused-ring (bicyclic) bond motifs is 1. The number of benzene rings is 2. The Morgan fingerprint density at radius 2 is 1.93 bits per heavy atom. The van der Waals surface area contributed by atoms with Gasteiger partial charge in [0.15, 0.2) is 0 Å². The molecule has 0 saturated carbocycles. The van der Waals surface area contributed by atoms with Crippen LogP contribution in [0.3, 0.4) is 0 Å². The molecular formula is C30H33BrN2O8. The Balaban J connectivity index is 1.60. The maximum atomic E-state index is 13.6. The van der Waals surface area contributed by atoms with Gasteiger partial charge in [-0.3, -0.25) is 19.7 Å². The Morgan fingerprint density at radius 3 is 2.59 bits per heavy atom. The number of carbonyl (C=O) groups is 2. The molecule has 0 spiro atoms. The first kappa shape index (κ1) is 30.6. The number of anilines is 1. The van der Waals surface area contributed by atoms with Gasteiger partial charge >= 0.3 is 0 Å². The number of nitrogens with zero attached hydrogens (tertiary/aromatic N) is 2. The predicted octanol–water partition coefficient (Wildman–Crippen LogP) is 4.49. The summed E-state index contributed by atoms with van der Waals surface area (Å²) in [6.07, 6.45) is 3.09. The van der Waals surface area contributed by atoms with Gasteiger partial charge in [-0.25, -0.2) is 4.90 Å². The van der Waals surface area contributed by atoms with Crippen LogP contribution in [0.4, 0.5) is 11.4 Å². The van der Waals surface area contributed by atoms with Gasteiger partial charge in [0.2, 0.25) is 11.8 Å². The smallest absolute Gasteiger partial charge is 0.271 e. The lowest BCUT2D eigenvalue weighted by molar-refractivity contribution is -0.384. The number of hydrogen-bond acceptors (Lipinski definition) is 8. The zero-order valence-electron chi connectivity index (χ0n) is 22.6. The van der Waals surface area contributed by atoms with Crippen molar-refractivity contribution in [2.24, 2.45) is 17.8 Å². The number of amides is 2. The quantitative estimate of drug-likeness (QED) is 0.122. The first-order valence-electron chi connectivity index (χ1n) is 13.5. The molecule has 1 heterocycles. The molecule has 2 amide bonds. The fourth-order valence-corrected chi connectivity index (χ4v) is 6.41. The van der Waals surface area contributed by atoms with E-state index in [0.29, 0.717) is 23.1 Å². The van der Waals surface area contributed by atoms with Crippen molar-refractivity contribution in [3.63, 3.8) is 0 Å². The van der Waals surface area contributed by atoms with Crippen molar-refractivity contribution in [3.8, 4) is 5.75 Å². The molecule has 1 aliphatic carbocycles. The molecule has 0 unspecified atom stereocenters. The Labute approximate surface area is 245 Å². The fraction of sp³-hybridized carbons (Fsp3) is 0.400. The summed E-state index contributed by atoms with van der Waals surface area (Å²) in [4.78, 5) is 38.6. The number of imide groups is 1. The van der Waals surface area contributed by atoms with Gasteiger partial charge in [0.25, 0.3) is 5.69 Å². The largest absolute Gasteiger partial charge is 0.507 e. The molecule has 4 N–H and O–H groups in total. The van der Waals surface area contributed by atoms with E-state index in [1.807, 2.05) is 13.0 Å². The third-order valence-electron chi connectivity index (χ3n) is 7.89. The summed E-state index contributed by atoms with van der Waals surface area (Å²) < 4.78 is 0.813. The number of rotatable bonds is 11. The summed E-state index contributed by atoms with van der Waals surface area (Å²) in [7, 11) is 0. The summed E-state index contributed by atoms with van der Waals surface area (Å²) in [5.74, 6) is -3.77. The number of nitro groups is 1. The highest BCUT2D eigenvalue weighted by molar-refractivity contribution is 9.10. The Bertz CT molecular complexity index is 1400. The number of halogens is 1. The molecule has 2 aromatic rings. The lowest BCUT2D eigenvalue weighted by Crippen LogP contribution is -2.39. The van der Waals surface area contributed by atoms with Gasteiger partial charge in [-0.2, -0.15) is 0 Å². The van der Waals surface area contributed by atoms with Gasteiger partial charge in [-0.05, 0) is 61.1 Å². The number of aliphatic hydroxyl groups is 3. The molecule has 4 rings (SSSR count). The van der Waals surface area contributed by atoms with Crippen molar-refractivity contribution in [1.82, 2.24) is 0 Å². The fourth-order valence-electron chi connectivity index (χ4n) is 6.03. The summed E-state index contributed by atoms with van der Waals surface area (Å²) in [6.45, 7) is 1.05. The highest BCUT2D eigenvalue weighted by Crippen LogP contribution is 2.47. The zero-order chi connectivity index (χ0) is 29.8. The van der Waals surface area contributed by atoms with Crippen LogP contribution < -0.4 is 4.90 Å². The van der Waals surface area contributed by atoms with Crippen LogP contribution in [0.15, 0.2) is 63.7 Å². The number of nitro benzene ring substituents is 1. The number of hydrogen-bond donors (Lipinski definition) is 4. The number of carbonyl (C=O) groups excluding carboxylic acids is 2. The topological polar surface area (TPSA) is 161 Å². The van der Waals surface area contributed by atoms with E-state index in [4.69, 9.17) is 0 Å². The summed E-state index contributed by atoms with van der Waals surface area (Å²) >= 11 is 3.41. The van der Waals surface area contributed by atoms with Crippen molar-refractivity contribution in [3.05, 3.63) is 79.3 Å². The van der Waals surface area contributed by atoms with Gasteiger partial charge in [-0.1, -0.05) is 47.0 Å². The van der Waals surface area contributed by atoms with Crippen molar-refractivity contribution in [2.45, 2.75) is 45.1 Å². The molecular weight excluding hydrogens is 596 g/mol. The number of non-ortho nitro benzene ring substituents is 1. The van der Waals surface area contributed by atoms with E-state index in [-0.39, 0.29) is 30.0 Å². The van der Waals surface area contributed by atoms with Crippen molar-refractivity contribution in [2.75, 3.05) is 18.1 Å². The molecule has 41 heavy (non-hydrogen) atoms. The summed E-state index contributed by atoms with van der Waals surface area (Å²) in [6, 6.07) is 10.4. The van der Waals surface area contributed by atoms with E-state index in [9.17, 15) is 40.1 Å². The van der Waals surface area contributed by atoms with Gasteiger partial charge in [-0.15, -0.1) is 0 Å². The van der Waals surface area contributed by atoms with Crippen LogP contribution in [0.1, 0.15) is 44.6 Å². The molecule has 2 aliphatic rings. The third-order valence-corrected chi connectivity index (χ3v) is 8.38. The lowest BCUT2D eigenvalue weighted by Gasteiger charge is -2.36. The predicted molar refractivity (Wildman–Crippen MR) is 156 cm³/mol. The van der Waals surface area contributed by atoms with E-state index in [1.165, 1.54) is 18.2 Å². The van der Waals surface area contributed by atoms with E-state index >= 15 is 0 Å². The Kier molecular flexibility index (Phi) is 9.75. The highest BCUT2D eigenvalue weighted by atomic mass is 79.9. The maximum absolute atomic E-state index is 13.6. The first-order valence-corrected chi connectivity index (χ1v) is 14.3. The second-order valence-corrected chi connectivity index (χ2v) is 11.4. The van der Waals surface area contributed by atoms with Crippen LogP contribution in [-0.2, 0) is 9.59 Å². The Hall–Kier alpha value is -3.38. The molecule has 11 heteroatoms. The van der Waals surface area contributed by atoms with E-state index in [2.05, 4.69) is 15.9 Å². The normalized spacial score (nSPS) is 21.8. The number of aliphatic hydroxyl groups excluding tert-OH is 3. The number of phenolic OH excluding ortho intramolecular Hbond substituents is 1. The standard InChI is InChI=1S/C30H33BrN2O8/c1-2-4-17(11-18-12-20(31)8-10-25(18)36)7-9-26(37)27-19(15-34)13-23-28(24(27)16-35)30(39)32(29(23)38)21-5-3-6-22(14-21)33(40)41/h3,5-6,8,10-12,14,23-24,26,28,34-37H,2,4,7,9,13,15-16H2,1H3/b17-11+/t23-,24+,26-,28-/m1/s1. The zero-order valence-corrected chi connectivity index (χ0v) is 24.2. The summed E-state index contributed by atoms with van der Waals surface area (Å²) in [5, 5.41) is 53.5. The molecule has 2 aromatic carbocycles. The minimum absolute atomic E-state index is 0.0314. The highest BCUT2D eigenvalue weighted by Gasteiger charge is 2.55. The minimum atomic E-state index is -1.10. The van der Waals surface area contributed by atoms with Crippen LogP contribution in [0.2, 0.25) is 0 Å². The van der Waals surface area contributed by atoms with Crippen LogP contribution in [0, 0.1) is 27.9 Å². The molecule has 0 aromatic heterocycles. The van der Waals surface area contributed by atoms with Gasteiger partial charge in [0.05, 0.1) is 41.8 Å². The van der Waals surface area contributed by atoms with Crippen molar-refractivity contribution in [1.29, 1.82) is 0 Å². The molecule has 0 bridgehead atoms. The summed E-state index contributed by atoms with van der Waals surface area (Å²) in [5.41, 5.74) is 2.19. The molecule has 0 radical (unpaired) electrons.